The third-order valence-electron chi connectivity index (χ3n) is 3.91. The number of rotatable bonds is 5. The number of carbonyl (C=O) groups excluding carboxylic acids is 1. The van der Waals surface area contributed by atoms with Gasteiger partial charge in [-0.05, 0) is 32.0 Å². The predicted octanol–water partition coefficient (Wildman–Crippen LogP) is 1.23. The lowest BCUT2D eigenvalue weighted by atomic mass is 10.1. The lowest BCUT2D eigenvalue weighted by Gasteiger charge is -2.37. The summed E-state index contributed by atoms with van der Waals surface area (Å²) in [7, 11) is 3.13. The first-order valence-corrected chi connectivity index (χ1v) is 7.80. The lowest BCUT2D eigenvalue weighted by Crippen LogP contribution is -2.52. The first-order valence-electron chi connectivity index (χ1n) is 7.80. The molecule has 1 saturated heterocycles. The summed E-state index contributed by atoms with van der Waals surface area (Å²) in [5.41, 5.74) is -0.204. The molecular formula is C17H26N2O4. The Kier molecular flexibility index (Phi) is 5.49. The van der Waals surface area contributed by atoms with Crippen LogP contribution >= 0.6 is 0 Å². The van der Waals surface area contributed by atoms with Crippen molar-refractivity contribution in [2.24, 2.45) is 0 Å². The van der Waals surface area contributed by atoms with Crippen LogP contribution in [0.4, 0.5) is 0 Å². The fourth-order valence-electron chi connectivity index (χ4n) is 2.81. The van der Waals surface area contributed by atoms with Gasteiger partial charge in [-0.15, -0.1) is 0 Å². The van der Waals surface area contributed by atoms with E-state index in [0.717, 1.165) is 13.1 Å². The smallest absolute Gasteiger partial charge is 0.257 e. The van der Waals surface area contributed by atoms with E-state index in [9.17, 15) is 9.90 Å². The Hall–Kier alpha value is -1.79. The highest BCUT2D eigenvalue weighted by Crippen LogP contribution is 2.25. The standard InChI is InChI=1S/C17H26N2O4/c1-17(2,21)12-18-7-9-19(10-8-18)16(20)14-11-13(22-3)5-6-15(14)23-4/h5-6,11,21H,7-10,12H2,1-4H3. The molecule has 2 rings (SSSR count). The minimum atomic E-state index is -0.720. The van der Waals surface area contributed by atoms with Crippen LogP contribution < -0.4 is 9.47 Å². The van der Waals surface area contributed by atoms with Crippen molar-refractivity contribution in [2.75, 3.05) is 46.9 Å². The minimum Gasteiger partial charge on any atom is -0.497 e. The molecule has 0 unspecified atom stereocenters. The fourth-order valence-corrected chi connectivity index (χ4v) is 2.81. The van der Waals surface area contributed by atoms with Crippen LogP contribution in [-0.2, 0) is 0 Å². The number of carbonyl (C=O) groups is 1. The van der Waals surface area contributed by atoms with Crippen LogP contribution in [0.5, 0.6) is 11.5 Å². The number of hydrogen-bond acceptors (Lipinski definition) is 5. The van der Waals surface area contributed by atoms with Gasteiger partial charge in [-0.1, -0.05) is 0 Å². The normalized spacial score (nSPS) is 16.3. The second-order valence-electron chi connectivity index (χ2n) is 6.45. The first kappa shape index (κ1) is 17.6. The maximum atomic E-state index is 12.8. The minimum absolute atomic E-state index is 0.0522. The van der Waals surface area contributed by atoms with Gasteiger partial charge in [0.1, 0.15) is 11.5 Å². The molecular weight excluding hydrogens is 296 g/mol. The second kappa shape index (κ2) is 7.19. The molecule has 0 aliphatic carbocycles. The van der Waals surface area contributed by atoms with E-state index in [1.54, 1.807) is 46.3 Å². The summed E-state index contributed by atoms with van der Waals surface area (Å²) in [5.74, 6) is 1.13. The Morgan fingerprint density at radius 1 is 1.17 bits per heavy atom. The third kappa shape index (κ3) is 4.59. The third-order valence-corrected chi connectivity index (χ3v) is 3.91. The summed E-state index contributed by atoms with van der Waals surface area (Å²) in [5, 5.41) is 9.90. The maximum Gasteiger partial charge on any atom is 0.257 e. The van der Waals surface area contributed by atoms with Crippen molar-refractivity contribution in [1.82, 2.24) is 9.80 Å². The van der Waals surface area contributed by atoms with Gasteiger partial charge in [0.2, 0.25) is 0 Å². The summed E-state index contributed by atoms with van der Waals surface area (Å²) >= 11 is 0. The molecule has 1 aliphatic rings. The number of piperazine rings is 1. The molecule has 1 heterocycles. The van der Waals surface area contributed by atoms with Gasteiger partial charge in [-0.25, -0.2) is 0 Å². The maximum absolute atomic E-state index is 12.8. The average Bonchev–Trinajstić information content (AvgIpc) is 2.52. The summed E-state index contributed by atoms with van der Waals surface area (Å²) in [6, 6.07) is 5.23. The van der Waals surface area contributed by atoms with E-state index >= 15 is 0 Å². The van der Waals surface area contributed by atoms with Crippen LogP contribution in [0, 0.1) is 0 Å². The Morgan fingerprint density at radius 2 is 1.83 bits per heavy atom. The van der Waals surface area contributed by atoms with Gasteiger partial charge in [-0.2, -0.15) is 0 Å². The number of ether oxygens (including phenoxy) is 2. The summed E-state index contributed by atoms with van der Waals surface area (Å²) in [6.07, 6.45) is 0. The summed E-state index contributed by atoms with van der Waals surface area (Å²) in [6.45, 7) is 6.98. The average molecular weight is 322 g/mol. The molecule has 1 fully saturated rings. The van der Waals surface area contributed by atoms with Crippen molar-refractivity contribution in [3.05, 3.63) is 23.8 Å². The second-order valence-corrected chi connectivity index (χ2v) is 6.45. The van der Waals surface area contributed by atoms with E-state index in [0.29, 0.717) is 36.7 Å². The molecule has 1 aromatic carbocycles. The molecule has 128 valence electrons. The van der Waals surface area contributed by atoms with Crippen LogP contribution in [0.2, 0.25) is 0 Å². The molecule has 23 heavy (non-hydrogen) atoms. The van der Waals surface area contributed by atoms with Crippen LogP contribution in [-0.4, -0.2) is 73.4 Å². The van der Waals surface area contributed by atoms with Crippen LogP contribution in [0.25, 0.3) is 0 Å². The zero-order valence-electron chi connectivity index (χ0n) is 14.3. The number of hydrogen-bond donors (Lipinski definition) is 1. The topological polar surface area (TPSA) is 62.2 Å². The van der Waals surface area contributed by atoms with E-state index in [4.69, 9.17) is 9.47 Å². The molecule has 1 amide bonds. The zero-order chi connectivity index (χ0) is 17.0. The highest BCUT2D eigenvalue weighted by Gasteiger charge is 2.27. The Labute approximate surface area is 137 Å². The number of β-amino-alcohol motifs (C(OH)–C–C–N with tert-alkyl or cyclic N) is 1. The van der Waals surface area contributed by atoms with Gasteiger partial charge < -0.3 is 19.5 Å². The van der Waals surface area contributed by atoms with Crippen LogP contribution in [0.1, 0.15) is 24.2 Å². The van der Waals surface area contributed by atoms with Gasteiger partial charge in [-0.3, -0.25) is 9.69 Å². The van der Waals surface area contributed by atoms with Crippen molar-refractivity contribution in [1.29, 1.82) is 0 Å². The molecule has 0 saturated carbocycles. The number of benzene rings is 1. The van der Waals surface area contributed by atoms with E-state index in [1.807, 2.05) is 4.90 Å². The molecule has 0 spiro atoms. The number of methoxy groups -OCH3 is 2. The van der Waals surface area contributed by atoms with Crippen molar-refractivity contribution in [2.45, 2.75) is 19.4 Å². The molecule has 1 aromatic rings. The quantitative estimate of drug-likeness (QED) is 0.883. The monoisotopic (exact) mass is 322 g/mol. The SMILES string of the molecule is COc1ccc(OC)c(C(=O)N2CCN(CC(C)(C)O)CC2)c1. The van der Waals surface area contributed by atoms with Crippen molar-refractivity contribution >= 4 is 5.91 Å². The largest absolute Gasteiger partial charge is 0.497 e. The van der Waals surface area contributed by atoms with Gasteiger partial charge in [0.15, 0.2) is 0 Å². The van der Waals surface area contributed by atoms with E-state index < -0.39 is 5.60 Å². The Bertz CT molecular complexity index is 546. The zero-order valence-corrected chi connectivity index (χ0v) is 14.3. The van der Waals surface area contributed by atoms with Gasteiger partial charge in [0.25, 0.3) is 5.91 Å². The fraction of sp³-hybridized carbons (Fsp3) is 0.588. The molecule has 0 aromatic heterocycles. The molecule has 0 atom stereocenters. The van der Waals surface area contributed by atoms with Crippen LogP contribution in [0.15, 0.2) is 18.2 Å². The Balaban J connectivity index is 2.05. The highest BCUT2D eigenvalue weighted by molar-refractivity contribution is 5.97. The molecule has 6 nitrogen and oxygen atoms in total. The number of nitrogens with zero attached hydrogens (tertiary/aromatic N) is 2. The summed E-state index contributed by atoms with van der Waals surface area (Å²) < 4.78 is 10.5. The number of amides is 1. The molecule has 0 radical (unpaired) electrons. The highest BCUT2D eigenvalue weighted by atomic mass is 16.5. The van der Waals surface area contributed by atoms with Crippen LogP contribution in [0.3, 0.4) is 0 Å². The van der Waals surface area contributed by atoms with Crippen molar-refractivity contribution < 1.29 is 19.4 Å². The molecule has 1 aliphatic heterocycles. The van der Waals surface area contributed by atoms with Gasteiger partial charge in [0, 0.05) is 32.7 Å². The summed E-state index contributed by atoms with van der Waals surface area (Å²) in [4.78, 5) is 16.8. The number of aliphatic hydroxyl groups is 1. The first-order chi connectivity index (χ1) is 10.8. The molecule has 6 heteroatoms. The molecule has 1 N–H and O–H groups in total. The molecule has 0 bridgehead atoms. The lowest BCUT2D eigenvalue weighted by molar-refractivity contribution is 0.0178. The Morgan fingerprint density at radius 3 is 2.35 bits per heavy atom. The predicted molar refractivity (Wildman–Crippen MR) is 88.2 cm³/mol. The van der Waals surface area contributed by atoms with Crippen molar-refractivity contribution in [3.63, 3.8) is 0 Å². The van der Waals surface area contributed by atoms with E-state index in [1.165, 1.54) is 0 Å². The van der Waals surface area contributed by atoms with Crippen molar-refractivity contribution in [3.8, 4) is 11.5 Å². The van der Waals surface area contributed by atoms with E-state index in [-0.39, 0.29) is 5.91 Å². The van der Waals surface area contributed by atoms with Gasteiger partial charge in [0.05, 0.1) is 25.4 Å². The van der Waals surface area contributed by atoms with E-state index in [2.05, 4.69) is 4.90 Å². The van der Waals surface area contributed by atoms with Gasteiger partial charge >= 0.3 is 0 Å².